The maximum absolute atomic E-state index is 9.78. The summed E-state index contributed by atoms with van der Waals surface area (Å²) >= 11 is 0. The predicted octanol–water partition coefficient (Wildman–Crippen LogP) is 1.37. The molecule has 2 rings (SSSR count). The van der Waals surface area contributed by atoms with E-state index in [0.29, 0.717) is 11.8 Å². The number of phenolic OH excluding ortho intramolecular Hbond substituents is 1. The van der Waals surface area contributed by atoms with E-state index in [0.717, 1.165) is 31.7 Å². The quantitative estimate of drug-likeness (QED) is 0.832. The lowest BCUT2D eigenvalue weighted by Gasteiger charge is -2.33. The number of methoxy groups -OCH3 is 1. The molecule has 1 saturated heterocycles. The van der Waals surface area contributed by atoms with Crippen LogP contribution in [0.2, 0.25) is 0 Å². The van der Waals surface area contributed by atoms with Gasteiger partial charge < -0.3 is 15.2 Å². The fourth-order valence-corrected chi connectivity index (χ4v) is 2.25. The molecule has 0 radical (unpaired) electrons. The molecule has 1 aliphatic rings. The Bertz CT molecular complexity index is 376. The lowest BCUT2D eigenvalue weighted by Crippen LogP contribution is -2.44. The van der Waals surface area contributed by atoms with Crippen LogP contribution < -0.4 is 10.1 Å². The van der Waals surface area contributed by atoms with E-state index >= 15 is 0 Å². The summed E-state index contributed by atoms with van der Waals surface area (Å²) in [7, 11) is 1.56. The Labute approximate surface area is 102 Å². The van der Waals surface area contributed by atoms with Gasteiger partial charge in [0.15, 0.2) is 11.5 Å². The third kappa shape index (κ3) is 2.70. The smallest absolute Gasteiger partial charge is 0.160 e. The minimum absolute atomic E-state index is 0.215. The summed E-state index contributed by atoms with van der Waals surface area (Å²) in [6.45, 7) is 6.34. The lowest BCUT2D eigenvalue weighted by atomic mass is 10.1. The fourth-order valence-electron chi connectivity index (χ4n) is 2.25. The number of hydrogen-bond acceptors (Lipinski definition) is 4. The number of phenols is 1. The maximum atomic E-state index is 9.78. The van der Waals surface area contributed by atoms with Gasteiger partial charge in [-0.1, -0.05) is 6.07 Å². The van der Waals surface area contributed by atoms with E-state index in [2.05, 4.69) is 17.1 Å². The number of nitrogens with zero attached hydrogens (tertiary/aromatic N) is 1. The summed E-state index contributed by atoms with van der Waals surface area (Å²) in [6, 6.07) is 5.97. The molecule has 94 valence electrons. The highest BCUT2D eigenvalue weighted by Crippen LogP contribution is 2.30. The molecule has 0 aliphatic carbocycles. The second kappa shape index (κ2) is 5.38. The number of nitrogens with one attached hydrogen (secondary N) is 1. The summed E-state index contributed by atoms with van der Waals surface area (Å²) in [5, 5.41) is 13.1. The molecule has 1 aliphatic heterocycles. The molecule has 1 heterocycles. The van der Waals surface area contributed by atoms with Crippen molar-refractivity contribution in [3.63, 3.8) is 0 Å². The molecule has 1 aromatic carbocycles. The average Bonchev–Trinajstić information content (AvgIpc) is 2.39. The van der Waals surface area contributed by atoms with Gasteiger partial charge in [0.05, 0.1) is 7.11 Å². The number of aromatic hydroxyl groups is 1. The summed E-state index contributed by atoms with van der Waals surface area (Å²) in [4.78, 5) is 2.41. The Morgan fingerprint density at radius 2 is 2.06 bits per heavy atom. The van der Waals surface area contributed by atoms with Gasteiger partial charge in [-0.25, -0.2) is 0 Å². The van der Waals surface area contributed by atoms with Crippen molar-refractivity contribution in [2.24, 2.45) is 0 Å². The molecule has 0 aromatic heterocycles. The van der Waals surface area contributed by atoms with Gasteiger partial charge in [-0.3, -0.25) is 4.90 Å². The highest BCUT2D eigenvalue weighted by Gasteiger charge is 2.18. The average molecular weight is 236 g/mol. The predicted molar refractivity (Wildman–Crippen MR) is 67.5 cm³/mol. The molecule has 1 atom stereocenters. The molecule has 0 amide bonds. The van der Waals surface area contributed by atoms with Gasteiger partial charge in [0.25, 0.3) is 0 Å². The van der Waals surface area contributed by atoms with Gasteiger partial charge in [-0.2, -0.15) is 0 Å². The molecule has 4 nitrogen and oxygen atoms in total. The van der Waals surface area contributed by atoms with Gasteiger partial charge in [-0.15, -0.1) is 0 Å². The molecule has 4 heteroatoms. The molecule has 2 N–H and O–H groups in total. The first kappa shape index (κ1) is 12.2. The van der Waals surface area contributed by atoms with Crippen LogP contribution in [-0.2, 0) is 0 Å². The Morgan fingerprint density at radius 1 is 1.35 bits per heavy atom. The molecule has 1 fully saturated rings. The Hall–Kier alpha value is -1.26. The van der Waals surface area contributed by atoms with Gasteiger partial charge in [0.1, 0.15) is 0 Å². The summed E-state index contributed by atoms with van der Waals surface area (Å²) in [5.41, 5.74) is 1.13. The molecular weight excluding hydrogens is 216 g/mol. The highest BCUT2D eigenvalue weighted by atomic mass is 16.5. The summed E-state index contributed by atoms with van der Waals surface area (Å²) < 4.78 is 5.05. The van der Waals surface area contributed by atoms with E-state index in [-0.39, 0.29) is 5.75 Å². The second-order valence-electron chi connectivity index (χ2n) is 4.39. The zero-order valence-electron chi connectivity index (χ0n) is 10.4. The van der Waals surface area contributed by atoms with E-state index in [9.17, 15) is 5.11 Å². The van der Waals surface area contributed by atoms with E-state index < -0.39 is 0 Å². The Balaban J connectivity index is 2.12. The van der Waals surface area contributed by atoms with Crippen molar-refractivity contribution in [2.45, 2.75) is 13.0 Å². The molecule has 0 unspecified atom stereocenters. The topological polar surface area (TPSA) is 44.7 Å². The van der Waals surface area contributed by atoms with Gasteiger partial charge in [0, 0.05) is 32.2 Å². The van der Waals surface area contributed by atoms with Crippen LogP contribution in [0.4, 0.5) is 0 Å². The molecule has 0 bridgehead atoms. The lowest BCUT2D eigenvalue weighted by molar-refractivity contribution is 0.185. The molecule has 17 heavy (non-hydrogen) atoms. The first-order valence-electron chi connectivity index (χ1n) is 6.04. The van der Waals surface area contributed by atoms with Crippen LogP contribution in [0.1, 0.15) is 18.5 Å². The number of hydrogen-bond donors (Lipinski definition) is 2. The standard InChI is InChI=1S/C13H20N2O2/c1-10(15-7-5-14-6-8-15)11-3-4-13(17-2)12(16)9-11/h3-4,9-10,14,16H,5-8H2,1-2H3/t10-/m1/s1. The van der Waals surface area contributed by atoms with Crippen molar-refractivity contribution in [3.8, 4) is 11.5 Å². The Morgan fingerprint density at radius 3 is 2.65 bits per heavy atom. The summed E-state index contributed by atoms with van der Waals surface area (Å²) in [6.07, 6.45) is 0. The van der Waals surface area contributed by atoms with Crippen molar-refractivity contribution >= 4 is 0 Å². The normalized spacial score (nSPS) is 18.9. The van der Waals surface area contributed by atoms with Gasteiger partial charge in [-0.05, 0) is 24.6 Å². The maximum Gasteiger partial charge on any atom is 0.160 e. The van der Waals surface area contributed by atoms with Gasteiger partial charge >= 0.3 is 0 Å². The summed E-state index contributed by atoms with van der Waals surface area (Å²) in [5.74, 6) is 0.744. The number of ether oxygens (including phenoxy) is 1. The first-order chi connectivity index (χ1) is 8.22. The van der Waals surface area contributed by atoms with Crippen LogP contribution in [0.25, 0.3) is 0 Å². The van der Waals surface area contributed by atoms with Gasteiger partial charge in [0.2, 0.25) is 0 Å². The van der Waals surface area contributed by atoms with Crippen LogP contribution >= 0.6 is 0 Å². The SMILES string of the molecule is COc1ccc([C@@H](C)N2CCNCC2)cc1O. The van der Waals surface area contributed by atoms with Crippen molar-refractivity contribution < 1.29 is 9.84 Å². The van der Waals surface area contributed by atoms with Crippen molar-refractivity contribution in [3.05, 3.63) is 23.8 Å². The largest absolute Gasteiger partial charge is 0.504 e. The van der Waals surface area contributed by atoms with E-state index in [1.54, 1.807) is 13.2 Å². The van der Waals surface area contributed by atoms with E-state index in [4.69, 9.17) is 4.74 Å². The Kier molecular flexibility index (Phi) is 3.86. The number of benzene rings is 1. The molecular formula is C13H20N2O2. The molecule has 0 spiro atoms. The van der Waals surface area contributed by atoms with Crippen LogP contribution in [-0.4, -0.2) is 43.3 Å². The molecule has 1 aromatic rings. The second-order valence-corrected chi connectivity index (χ2v) is 4.39. The fraction of sp³-hybridized carbons (Fsp3) is 0.538. The third-order valence-corrected chi connectivity index (χ3v) is 3.38. The zero-order chi connectivity index (χ0) is 12.3. The van der Waals surface area contributed by atoms with Crippen LogP contribution in [0.3, 0.4) is 0 Å². The van der Waals surface area contributed by atoms with Crippen molar-refractivity contribution in [1.82, 2.24) is 10.2 Å². The number of piperazine rings is 1. The third-order valence-electron chi connectivity index (χ3n) is 3.38. The highest BCUT2D eigenvalue weighted by molar-refractivity contribution is 5.42. The van der Waals surface area contributed by atoms with Crippen molar-refractivity contribution in [1.29, 1.82) is 0 Å². The molecule has 0 saturated carbocycles. The monoisotopic (exact) mass is 236 g/mol. The van der Waals surface area contributed by atoms with Crippen LogP contribution in [0.5, 0.6) is 11.5 Å². The number of rotatable bonds is 3. The van der Waals surface area contributed by atoms with Crippen LogP contribution in [0.15, 0.2) is 18.2 Å². The van der Waals surface area contributed by atoms with E-state index in [1.807, 2.05) is 12.1 Å². The van der Waals surface area contributed by atoms with Crippen molar-refractivity contribution in [2.75, 3.05) is 33.3 Å². The zero-order valence-corrected chi connectivity index (χ0v) is 10.4. The van der Waals surface area contributed by atoms with E-state index in [1.165, 1.54) is 0 Å². The minimum atomic E-state index is 0.215. The first-order valence-corrected chi connectivity index (χ1v) is 6.04. The van der Waals surface area contributed by atoms with Crippen LogP contribution in [0, 0.1) is 0 Å². The minimum Gasteiger partial charge on any atom is -0.504 e.